The number of anilines is 2. The van der Waals surface area contributed by atoms with Crippen LogP contribution in [0.5, 0.6) is 0 Å². The summed E-state index contributed by atoms with van der Waals surface area (Å²) in [7, 11) is 0. The molecule has 0 bridgehead atoms. The number of amides is 3. The van der Waals surface area contributed by atoms with Crippen LogP contribution in [0.1, 0.15) is 68.7 Å². The largest absolute Gasteiger partial charge is 0.368 e. The van der Waals surface area contributed by atoms with Crippen LogP contribution in [0.15, 0.2) is 66.7 Å². The highest BCUT2D eigenvalue weighted by Gasteiger charge is 2.25. The molecule has 42 heavy (non-hydrogen) atoms. The number of nitrogens with one attached hydrogen (secondary N) is 2. The van der Waals surface area contributed by atoms with Crippen molar-refractivity contribution >= 4 is 40.7 Å². The lowest BCUT2D eigenvalue weighted by Crippen LogP contribution is -2.40. The first kappa shape index (κ1) is 29.6. The van der Waals surface area contributed by atoms with Gasteiger partial charge in [-0.3, -0.25) is 14.4 Å². The van der Waals surface area contributed by atoms with E-state index < -0.39 is 0 Å². The average Bonchev–Trinajstić information content (AvgIpc) is 3.24. The fraction of sp³-hybridized carbons (Fsp3) is 0.364. The van der Waals surface area contributed by atoms with Gasteiger partial charge in [-0.15, -0.1) is 0 Å². The molecule has 2 aliphatic rings. The maximum atomic E-state index is 13.3. The van der Waals surface area contributed by atoms with E-state index in [4.69, 9.17) is 17.3 Å². The smallest absolute Gasteiger partial charge is 0.255 e. The molecule has 0 radical (unpaired) electrons. The summed E-state index contributed by atoms with van der Waals surface area (Å²) >= 11 is 6.12. The van der Waals surface area contributed by atoms with E-state index >= 15 is 0 Å². The Kier molecular flexibility index (Phi) is 9.45. The van der Waals surface area contributed by atoms with Crippen molar-refractivity contribution < 1.29 is 14.4 Å². The van der Waals surface area contributed by atoms with Crippen molar-refractivity contribution in [1.82, 2.24) is 10.2 Å². The predicted octanol–water partition coefficient (Wildman–Crippen LogP) is 5.25. The minimum absolute atomic E-state index is 0.0528. The van der Waals surface area contributed by atoms with Gasteiger partial charge in [0, 0.05) is 60.0 Å². The van der Waals surface area contributed by atoms with Crippen LogP contribution in [0.25, 0.3) is 0 Å². The molecule has 220 valence electrons. The number of nitrogens with zero attached hydrogens (tertiary/aromatic N) is 2. The lowest BCUT2D eigenvalue weighted by atomic mass is 9.91. The third kappa shape index (κ3) is 7.30. The fourth-order valence-electron chi connectivity index (χ4n) is 5.73. The number of rotatable bonds is 6. The molecule has 1 heterocycles. The SMILES string of the molecule is Cc1cccc(C(=O)Nc2cc(C(=O)NC3CCC(N)CC3)ccc2N2CCCN(C(=O)c3cccc(Cl)c3)CC2)c1. The highest BCUT2D eigenvalue weighted by molar-refractivity contribution is 6.31. The Balaban J connectivity index is 1.36. The van der Waals surface area contributed by atoms with Crippen molar-refractivity contribution in [3.63, 3.8) is 0 Å². The Bertz CT molecular complexity index is 1450. The first-order valence-corrected chi connectivity index (χ1v) is 15.0. The van der Waals surface area contributed by atoms with E-state index in [0.29, 0.717) is 53.6 Å². The zero-order valence-electron chi connectivity index (χ0n) is 23.9. The Labute approximate surface area is 252 Å². The van der Waals surface area contributed by atoms with Crippen LogP contribution in [0.2, 0.25) is 5.02 Å². The standard InChI is InChI=1S/C33H38ClN5O3/c1-22-5-2-6-23(19-22)32(41)37-29-21-24(31(40)36-28-12-10-27(35)11-13-28)9-14-30(29)38-15-4-16-39(18-17-38)33(42)25-7-3-8-26(34)20-25/h2-3,5-9,14,19-21,27-28H,4,10-13,15-18,35H2,1H3,(H,36,40)(H,37,41). The predicted molar refractivity (Wildman–Crippen MR) is 167 cm³/mol. The van der Waals surface area contributed by atoms with Gasteiger partial charge in [0.25, 0.3) is 17.7 Å². The minimum atomic E-state index is -0.244. The summed E-state index contributed by atoms with van der Waals surface area (Å²) in [6.07, 6.45) is 4.27. The number of aryl methyl sites for hydroxylation is 1. The maximum Gasteiger partial charge on any atom is 0.255 e. The number of carbonyl (C=O) groups excluding carboxylic acids is 3. The normalized spacial score (nSPS) is 19.1. The van der Waals surface area contributed by atoms with Crippen molar-refractivity contribution in [2.75, 3.05) is 36.4 Å². The van der Waals surface area contributed by atoms with Gasteiger partial charge in [-0.05, 0) is 87.6 Å². The van der Waals surface area contributed by atoms with E-state index in [1.54, 1.807) is 42.5 Å². The molecule has 1 saturated heterocycles. The minimum Gasteiger partial charge on any atom is -0.368 e. The van der Waals surface area contributed by atoms with Crippen LogP contribution >= 0.6 is 11.6 Å². The molecule has 1 saturated carbocycles. The van der Waals surface area contributed by atoms with Crippen LogP contribution in [0.4, 0.5) is 11.4 Å². The highest BCUT2D eigenvalue weighted by Crippen LogP contribution is 2.30. The molecule has 8 nitrogen and oxygen atoms in total. The second kappa shape index (κ2) is 13.4. The van der Waals surface area contributed by atoms with Gasteiger partial charge in [0.1, 0.15) is 0 Å². The molecular formula is C33H38ClN5O3. The molecule has 9 heteroatoms. The van der Waals surface area contributed by atoms with Crippen LogP contribution in [0, 0.1) is 6.92 Å². The van der Waals surface area contributed by atoms with Crippen molar-refractivity contribution in [2.24, 2.45) is 5.73 Å². The molecule has 3 aromatic carbocycles. The Hall–Kier alpha value is -3.88. The summed E-state index contributed by atoms with van der Waals surface area (Å²) < 4.78 is 0. The summed E-state index contributed by atoms with van der Waals surface area (Å²) in [5.74, 6) is -0.461. The van der Waals surface area contributed by atoms with Crippen LogP contribution < -0.4 is 21.3 Å². The lowest BCUT2D eigenvalue weighted by molar-refractivity contribution is 0.0766. The van der Waals surface area contributed by atoms with E-state index in [0.717, 1.165) is 43.4 Å². The van der Waals surface area contributed by atoms with Crippen LogP contribution in [-0.4, -0.2) is 60.9 Å². The summed E-state index contributed by atoms with van der Waals surface area (Å²) in [5, 5.41) is 6.75. The van der Waals surface area contributed by atoms with E-state index in [1.165, 1.54) is 0 Å². The molecule has 5 rings (SSSR count). The van der Waals surface area contributed by atoms with Crippen molar-refractivity contribution in [3.05, 3.63) is 94.0 Å². The van der Waals surface area contributed by atoms with E-state index in [1.807, 2.05) is 36.1 Å². The Morgan fingerprint density at radius 2 is 1.55 bits per heavy atom. The maximum absolute atomic E-state index is 13.3. The third-order valence-corrected chi connectivity index (χ3v) is 8.32. The Morgan fingerprint density at radius 3 is 2.31 bits per heavy atom. The molecule has 0 unspecified atom stereocenters. The van der Waals surface area contributed by atoms with Gasteiger partial charge in [-0.2, -0.15) is 0 Å². The van der Waals surface area contributed by atoms with Crippen molar-refractivity contribution in [1.29, 1.82) is 0 Å². The summed E-state index contributed by atoms with van der Waals surface area (Å²) in [6, 6.07) is 20.2. The first-order valence-electron chi connectivity index (χ1n) is 14.6. The first-order chi connectivity index (χ1) is 20.3. The molecule has 4 N–H and O–H groups in total. The third-order valence-electron chi connectivity index (χ3n) is 8.09. The monoisotopic (exact) mass is 587 g/mol. The van der Waals surface area contributed by atoms with Gasteiger partial charge >= 0.3 is 0 Å². The van der Waals surface area contributed by atoms with Crippen molar-refractivity contribution in [3.8, 4) is 0 Å². The van der Waals surface area contributed by atoms with Gasteiger partial charge in [0.05, 0.1) is 11.4 Å². The highest BCUT2D eigenvalue weighted by atomic mass is 35.5. The summed E-state index contributed by atoms with van der Waals surface area (Å²) in [6.45, 7) is 4.34. The van der Waals surface area contributed by atoms with Gasteiger partial charge < -0.3 is 26.2 Å². The number of nitrogens with two attached hydrogens (primary N) is 1. The molecule has 0 spiro atoms. The fourth-order valence-corrected chi connectivity index (χ4v) is 5.92. The number of hydrogen-bond acceptors (Lipinski definition) is 5. The van der Waals surface area contributed by atoms with Gasteiger partial charge in [0.15, 0.2) is 0 Å². The van der Waals surface area contributed by atoms with Gasteiger partial charge in [0.2, 0.25) is 0 Å². The number of benzene rings is 3. The Morgan fingerprint density at radius 1 is 0.810 bits per heavy atom. The van der Waals surface area contributed by atoms with Gasteiger partial charge in [-0.1, -0.05) is 35.4 Å². The molecule has 3 aromatic rings. The zero-order valence-corrected chi connectivity index (χ0v) is 24.7. The molecule has 3 amide bonds. The number of hydrogen-bond donors (Lipinski definition) is 3. The molecule has 1 aliphatic heterocycles. The molecule has 1 aliphatic carbocycles. The van der Waals surface area contributed by atoms with E-state index in [9.17, 15) is 14.4 Å². The molecule has 2 fully saturated rings. The summed E-state index contributed by atoms with van der Waals surface area (Å²) in [5.41, 5.74) is 10.00. The van der Waals surface area contributed by atoms with Crippen molar-refractivity contribution in [2.45, 2.75) is 51.1 Å². The molecule has 0 atom stereocenters. The molecule has 0 aromatic heterocycles. The summed E-state index contributed by atoms with van der Waals surface area (Å²) in [4.78, 5) is 43.8. The quantitative estimate of drug-likeness (QED) is 0.365. The lowest BCUT2D eigenvalue weighted by Gasteiger charge is -2.28. The number of halogens is 1. The average molecular weight is 588 g/mol. The van der Waals surface area contributed by atoms with Crippen LogP contribution in [0.3, 0.4) is 0 Å². The van der Waals surface area contributed by atoms with E-state index in [2.05, 4.69) is 15.5 Å². The number of carbonyl (C=O) groups is 3. The molecular weight excluding hydrogens is 550 g/mol. The second-order valence-electron chi connectivity index (χ2n) is 11.3. The zero-order chi connectivity index (χ0) is 29.6. The van der Waals surface area contributed by atoms with E-state index in [-0.39, 0.29) is 29.8 Å². The second-order valence-corrected chi connectivity index (χ2v) is 11.7. The van der Waals surface area contributed by atoms with Gasteiger partial charge in [-0.25, -0.2) is 0 Å². The topological polar surface area (TPSA) is 108 Å². The van der Waals surface area contributed by atoms with Crippen LogP contribution in [-0.2, 0) is 0 Å².